The fraction of sp³-hybridized carbons (Fsp3) is 0.778. The van der Waals surface area contributed by atoms with Crippen LogP contribution in [0.3, 0.4) is 0 Å². The zero-order valence-corrected chi connectivity index (χ0v) is 6.61. The van der Waals surface area contributed by atoms with Crippen molar-refractivity contribution in [2.45, 2.75) is 31.4 Å². The molecule has 0 aliphatic heterocycles. The monoisotopic (exact) mass is 153 g/mol. The smallest absolute Gasteiger partial charge is 0.0696 e. The van der Waals surface area contributed by atoms with Gasteiger partial charge in [-0.2, -0.15) is 0 Å². The van der Waals surface area contributed by atoms with Gasteiger partial charge in [0, 0.05) is 6.04 Å². The first-order valence-electron chi connectivity index (χ1n) is 4.37. The molecule has 0 bridgehead atoms. The third-order valence-electron chi connectivity index (χ3n) is 3.10. The van der Waals surface area contributed by atoms with Crippen LogP contribution in [0.25, 0.3) is 0 Å². The lowest BCUT2D eigenvalue weighted by molar-refractivity contribution is 0.156. The first kappa shape index (κ1) is 7.32. The molecule has 1 fully saturated rings. The van der Waals surface area contributed by atoms with Crippen LogP contribution in [0, 0.1) is 11.8 Å². The van der Waals surface area contributed by atoms with E-state index in [1.807, 2.05) is 0 Å². The Morgan fingerprint density at radius 1 is 1.27 bits per heavy atom. The lowest BCUT2D eigenvalue weighted by Gasteiger charge is -2.23. The van der Waals surface area contributed by atoms with Crippen LogP contribution in [-0.2, 0) is 0 Å². The number of hydrogen-bond acceptors (Lipinski definition) is 2. The van der Waals surface area contributed by atoms with Gasteiger partial charge in [-0.25, -0.2) is 0 Å². The Bertz CT molecular complexity index is 178. The van der Waals surface area contributed by atoms with Gasteiger partial charge in [0.2, 0.25) is 0 Å². The van der Waals surface area contributed by atoms with E-state index in [-0.39, 0.29) is 12.1 Å². The summed E-state index contributed by atoms with van der Waals surface area (Å²) < 4.78 is 0. The van der Waals surface area contributed by atoms with Crippen molar-refractivity contribution in [3.05, 3.63) is 12.2 Å². The van der Waals surface area contributed by atoms with E-state index in [1.165, 1.54) is 0 Å². The summed E-state index contributed by atoms with van der Waals surface area (Å²) in [6.45, 7) is 0. The number of allylic oxidation sites excluding steroid dienone is 2. The van der Waals surface area contributed by atoms with Gasteiger partial charge in [-0.05, 0) is 31.1 Å². The molecule has 2 aliphatic carbocycles. The van der Waals surface area contributed by atoms with Crippen molar-refractivity contribution in [2.75, 3.05) is 0 Å². The van der Waals surface area contributed by atoms with Gasteiger partial charge in [0.05, 0.1) is 6.10 Å². The topological polar surface area (TPSA) is 46.2 Å². The van der Waals surface area contributed by atoms with Crippen LogP contribution in [0.15, 0.2) is 12.2 Å². The second-order valence-corrected chi connectivity index (χ2v) is 3.75. The van der Waals surface area contributed by atoms with Crippen molar-refractivity contribution in [1.29, 1.82) is 0 Å². The minimum absolute atomic E-state index is 0.0324. The molecule has 0 amide bonds. The van der Waals surface area contributed by atoms with E-state index in [4.69, 9.17) is 5.73 Å². The molecule has 2 aliphatic rings. The molecule has 0 aromatic heterocycles. The van der Waals surface area contributed by atoms with E-state index in [1.54, 1.807) is 0 Å². The minimum Gasteiger partial charge on any atom is -0.391 e. The second kappa shape index (κ2) is 2.61. The van der Waals surface area contributed by atoms with Crippen molar-refractivity contribution >= 4 is 0 Å². The molecule has 2 nitrogen and oxygen atoms in total. The van der Waals surface area contributed by atoms with Crippen molar-refractivity contribution < 1.29 is 5.11 Å². The summed E-state index contributed by atoms with van der Waals surface area (Å²) in [5, 5.41) is 9.48. The molecule has 0 aromatic rings. The van der Waals surface area contributed by atoms with Crippen molar-refractivity contribution in [1.82, 2.24) is 0 Å². The van der Waals surface area contributed by atoms with Gasteiger partial charge < -0.3 is 10.8 Å². The zero-order chi connectivity index (χ0) is 7.84. The minimum atomic E-state index is -0.245. The third kappa shape index (κ3) is 1.10. The van der Waals surface area contributed by atoms with Gasteiger partial charge in [-0.1, -0.05) is 12.2 Å². The van der Waals surface area contributed by atoms with Gasteiger partial charge >= 0.3 is 0 Å². The van der Waals surface area contributed by atoms with Crippen molar-refractivity contribution in [3.63, 3.8) is 0 Å². The number of aliphatic hydroxyl groups is 1. The van der Waals surface area contributed by atoms with Gasteiger partial charge in [-0.15, -0.1) is 0 Å². The first-order valence-corrected chi connectivity index (χ1v) is 4.37. The summed E-state index contributed by atoms with van der Waals surface area (Å²) in [5.41, 5.74) is 5.85. The molecule has 2 heteroatoms. The van der Waals surface area contributed by atoms with Crippen LogP contribution in [0.5, 0.6) is 0 Å². The van der Waals surface area contributed by atoms with Crippen LogP contribution in [0.2, 0.25) is 0 Å². The number of fused-ring (bicyclic) bond motifs is 1. The molecule has 62 valence electrons. The number of nitrogens with two attached hydrogens (primary N) is 1. The van der Waals surface area contributed by atoms with E-state index in [9.17, 15) is 5.11 Å². The van der Waals surface area contributed by atoms with E-state index in [2.05, 4.69) is 12.2 Å². The lowest BCUT2D eigenvalue weighted by atomic mass is 9.84. The fourth-order valence-corrected chi connectivity index (χ4v) is 2.39. The van der Waals surface area contributed by atoms with E-state index in [0.29, 0.717) is 11.8 Å². The Kier molecular flexibility index (Phi) is 1.74. The van der Waals surface area contributed by atoms with Crippen LogP contribution >= 0.6 is 0 Å². The fourth-order valence-electron chi connectivity index (χ4n) is 2.39. The molecule has 0 saturated heterocycles. The summed E-state index contributed by atoms with van der Waals surface area (Å²) in [6.07, 6.45) is 7.27. The number of aliphatic hydroxyl groups excluding tert-OH is 1. The molecular weight excluding hydrogens is 138 g/mol. The van der Waals surface area contributed by atoms with E-state index in [0.717, 1.165) is 19.3 Å². The highest BCUT2D eigenvalue weighted by atomic mass is 16.3. The first-order chi connectivity index (χ1) is 5.29. The highest BCUT2D eigenvalue weighted by molar-refractivity contribution is 5.04. The highest BCUT2D eigenvalue weighted by Crippen LogP contribution is 2.38. The summed E-state index contributed by atoms with van der Waals surface area (Å²) in [4.78, 5) is 0. The Hall–Kier alpha value is -0.340. The van der Waals surface area contributed by atoms with Crippen LogP contribution in [0.4, 0.5) is 0 Å². The van der Waals surface area contributed by atoms with Crippen LogP contribution in [0.1, 0.15) is 19.3 Å². The van der Waals surface area contributed by atoms with Gasteiger partial charge in [-0.3, -0.25) is 0 Å². The number of rotatable bonds is 0. The molecule has 4 atom stereocenters. The van der Waals surface area contributed by atoms with Crippen molar-refractivity contribution in [3.8, 4) is 0 Å². The Morgan fingerprint density at radius 2 is 2.00 bits per heavy atom. The molecule has 1 saturated carbocycles. The Balaban J connectivity index is 2.12. The second-order valence-electron chi connectivity index (χ2n) is 3.75. The Labute approximate surface area is 67.1 Å². The molecule has 0 spiro atoms. The van der Waals surface area contributed by atoms with E-state index < -0.39 is 0 Å². The predicted molar refractivity (Wildman–Crippen MR) is 44.0 cm³/mol. The molecule has 11 heavy (non-hydrogen) atoms. The molecule has 0 radical (unpaired) electrons. The molecule has 2 unspecified atom stereocenters. The molecular formula is C9H15NO. The van der Waals surface area contributed by atoms with Crippen molar-refractivity contribution in [2.24, 2.45) is 17.6 Å². The summed E-state index contributed by atoms with van der Waals surface area (Å²) in [5.74, 6) is 1.21. The maximum atomic E-state index is 9.48. The molecule has 0 aromatic carbocycles. The summed E-state index contributed by atoms with van der Waals surface area (Å²) in [6, 6.07) is 0.0324. The normalized spacial score (nSPS) is 49.3. The predicted octanol–water partition coefficient (Wildman–Crippen LogP) is 0.661. The SMILES string of the molecule is N[C@H]1C2CC=CCC2C[C@H]1O. The molecule has 3 N–H and O–H groups in total. The quantitative estimate of drug-likeness (QED) is 0.502. The standard InChI is InChI=1S/C9H15NO/c10-9-7-4-2-1-3-6(7)5-8(9)11/h1-2,6-9,11H,3-5,10H2/t6?,7?,8-,9+/m1/s1. The van der Waals surface area contributed by atoms with Gasteiger partial charge in [0.15, 0.2) is 0 Å². The van der Waals surface area contributed by atoms with Crippen LogP contribution in [-0.4, -0.2) is 17.3 Å². The van der Waals surface area contributed by atoms with Gasteiger partial charge in [0.1, 0.15) is 0 Å². The highest BCUT2D eigenvalue weighted by Gasteiger charge is 2.39. The molecule has 2 rings (SSSR count). The number of hydrogen-bond donors (Lipinski definition) is 2. The lowest BCUT2D eigenvalue weighted by Crippen LogP contribution is -2.35. The van der Waals surface area contributed by atoms with Crippen LogP contribution < -0.4 is 5.73 Å². The summed E-state index contributed by atoms with van der Waals surface area (Å²) >= 11 is 0. The zero-order valence-electron chi connectivity index (χ0n) is 6.61. The maximum absolute atomic E-state index is 9.48. The largest absolute Gasteiger partial charge is 0.391 e. The average molecular weight is 153 g/mol. The Morgan fingerprint density at radius 3 is 2.73 bits per heavy atom. The third-order valence-corrected chi connectivity index (χ3v) is 3.10. The van der Waals surface area contributed by atoms with Gasteiger partial charge in [0.25, 0.3) is 0 Å². The maximum Gasteiger partial charge on any atom is 0.0696 e. The summed E-state index contributed by atoms with van der Waals surface area (Å²) in [7, 11) is 0. The van der Waals surface area contributed by atoms with E-state index >= 15 is 0 Å². The average Bonchev–Trinajstić information content (AvgIpc) is 2.30. The molecule has 0 heterocycles.